The molecule has 1 amide bonds. The number of phenols is 1. The number of fused-ring (bicyclic) bond motifs is 1. The molecule has 0 aliphatic rings. The van der Waals surface area contributed by atoms with Crippen LogP contribution in [0.15, 0.2) is 36.4 Å². The summed E-state index contributed by atoms with van der Waals surface area (Å²) in [5, 5.41) is 11.5. The molecule has 0 unspecified atom stereocenters. The highest BCUT2D eigenvalue weighted by Gasteiger charge is 2.28. The van der Waals surface area contributed by atoms with Gasteiger partial charge in [0.15, 0.2) is 0 Å². The van der Waals surface area contributed by atoms with E-state index >= 15 is 0 Å². The zero-order valence-electron chi connectivity index (χ0n) is 15.2. The maximum atomic E-state index is 12.7. The number of halogens is 2. The van der Waals surface area contributed by atoms with Gasteiger partial charge in [-0.1, -0.05) is 41.4 Å². The second-order valence-corrected chi connectivity index (χ2v) is 7.76. The van der Waals surface area contributed by atoms with Gasteiger partial charge in [0.1, 0.15) is 21.3 Å². The quantitative estimate of drug-likeness (QED) is 0.524. The van der Waals surface area contributed by atoms with Crippen molar-refractivity contribution in [1.29, 1.82) is 0 Å². The molecule has 3 aromatic rings. The van der Waals surface area contributed by atoms with E-state index in [0.717, 1.165) is 16.9 Å². The number of benzene rings is 2. The number of ether oxygens (including phenoxy) is 1. The number of hydrogen-bond donors (Lipinski definition) is 1. The van der Waals surface area contributed by atoms with Gasteiger partial charge < -0.3 is 9.84 Å². The largest absolute Gasteiger partial charge is 0.506 e. The van der Waals surface area contributed by atoms with Crippen LogP contribution in [0.2, 0.25) is 10.0 Å². The average molecular weight is 438 g/mol. The van der Waals surface area contributed by atoms with Crippen molar-refractivity contribution in [3.8, 4) is 5.75 Å². The number of phenolic OH excluding ortho intramolecular Hbond substituents is 1. The van der Waals surface area contributed by atoms with Crippen molar-refractivity contribution in [3.63, 3.8) is 0 Å². The van der Waals surface area contributed by atoms with Gasteiger partial charge in [-0.05, 0) is 30.7 Å². The van der Waals surface area contributed by atoms with Crippen LogP contribution < -0.4 is 4.90 Å². The fraction of sp³-hybridized carbons (Fsp3) is 0.200. The average Bonchev–Trinajstić information content (AvgIpc) is 3.04. The topological polar surface area (TPSA) is 66.8 Å². The second kappa shape index (κ2) is 8.39. The van der Waals surface area contributed by atoms with Crippen LogP contribution in [0.3, 0.4) is 0 Å². The Balaban J connectivity index is 2.21. The van der Waals surface area contributed by atoms with Crippen molar-refractivity contribution in [2.45, 2.75) is 20.4 Å². The summed E-state index contributed by atoms with van der Waals surface area (Å²) < 4.78 is 5.71. The number of rotatable bonds is 5. The highest BCUT2D eigenvalue weighted by atomic mass is 35.5. The Hall–Kier alpha value is -2.28. The van der Waals surface area contributed by atoms with Gasteiger partial charge >= 0.3 is 5.97 Å². The SMILES string of the molecule is CCOC(=O)c1c(N(Cc2ccccc2Cl)C(C)=O)sc2c(Cl)c(O)ccc12. The smallest absolute Gasteiger partial charge is 0.341 e. The first-order chi connectivity index (χ1) is 13.3. The van der Waals surface area contributed by atoms with Crippen LogP contribution in [-0.4, -0.2) is 23.6 Å². The molecule has 8 heteroatoms. The summed E-state index contributed by atoms with van der Waals surface area (Å²) in [4.78, 5) is 26.6. The molecule has 0 atom stereocenters. The molecule has 0 spiro atoms. The molecule has 5 nitrogen and oxygen atoms in total. The van der Waals surface area contributed by atoms with E-state index < -0.39 is 5.97 Å². The lowest BCUT2D eigenvalue weighted by molar-refractivity contribution is -0.116. The highest BCUT2D eigenvalue weighted by molar-refractivity contribution is 7.24. The summed E-state index contributed by atoms with van der Waals surface area (Å²) in [5.74, 6) is -0.925. The number of amides is 1. The van der Waals surface area contributed by atoms with E-state index in [1.807, 2.05) is 12.1 Å². The van der Waals surface area contributed by atoms with Crippen molar-refractivity contribution < 1.29 is 19.4 Å². The van der Waals surface area contributed by atoms with Crippen molar-refractivity contribution >= 4 is 61.5 Å². The van der Waals surface area contributed by atoms with Gasteiger partial charge in [0.2, 0.25) is 5.91 Å². The predicted octanol–water partition coefficient (Wildman–Crippen LogP) is 5.64. The van der Waals surface area contributed by atoms with Crippen LogP contribution in [-0.2, 0) is 16.1 Å². The van der Waals surface area contributed by atoms with Crippen molar-refractivity contribution in [3.05, 3.63) is 57.6 Å². The minimum Gasteiger partial charge on any atom is -0.506 e. The fourth-order valence-corrected chi connectivity index (χ4v) is 4.56. The van der Waals surface area contributed by atoms with Crippen molar-refractivity contribution in [1.82, 2.24) is 0 Å². The molecule has 28 heavy (non-hydrogen) atoms. The van der Waals surface area contributed by atoms with Gasteiger partial charge in [0, 0.05) is 17.3 Å². The van der Waals surface area contributed by atoms with E-state index in [0.29, 0.717) is 20.1 Å². The van der Waals surface area contributed by atoms with Gasteiger partial charge in [-0.25, -0.2) is 4.79 Å². The van der Waals surface area contributed by atoms with E-state index in [9.17, 15) is 14.7 Å². The van der Waals surface area contributed by atoms with Crippen LogP contribution in [0, 0.1) is 0 Å². The Morgan fingerprint density at radius 1 is 1.18 bits per heavy atom. The number of esters is 1. The van der Waals surface area contributed by atoms with Gasteiger partial charge in [0.05, 0.1) is 17.9 Å². The summed E-state index contributed by atoms with van der Waals surface area (Å²) in [6.07, 6.45) is 0. The van der Waals surface area contributed by atoms with Crippen molar-refractivity contribution in [2.75, 3.05) is 11.5 Å². The van der Waals surface area contributed by atoms with Crippen LogP contribution in [0.1, 0.15) is 29.8 Å². The van der Waals surface area contributed by atoms with Crippen LogP contribution in [0.5, 0.6) is 5.75 Å². The number of anilines is 1. The van der Waals surface area contributed by atoms with Crippen LogP contribution in [0.25, 0.3) is 10.1 Å². The fourth-order valence-electron chi connectivity index (χ4n) is 2.82. The van der Waals surface area contributed by atoms with Gasteiger partial charge in [-0.15, -0.1) is 11.3 Å². The van der Waals surface area contributed by atoms with Crippen molar-refractivity contribution in [2.24, 2.45) is 0 Å². The summed E-state index contributed by atoms with van der Waals surface area (Å²) in [7, 11) is 0. The lowest BCUT2D eigenvalue weighted by Gasteiger charge is -2.21. The Bertz CT molecular complexity index is 1060. The molecule has 146 valence electrons. The van der Waals surface area contributed by atoms with E-state index in [-0.39, 0.29) is 35.4 Å². The summed E-state index contributed by atoms with van der Waals surface area (Å²) >= 11 is 13.7. The van der Waals surface area contributed by atoms with Crippen LogP contribution >= 0.6 is 34.5 Å². The number of nitrogens with zero attached hydrogens (tertiary/aromatic N) is 1. The molecule has 0 bridgehead atoms. The molecule has 0 aliphatic carbocycles. The number of carbonyl (C=O) groups excluding carboxylic acids is 2. The number of hydrogen-bond acceptors (Lipinski definition) is 5. The molecule has 1 N–H and O–H groups in total. The molecule has 3 rings (SSSR count). The minimum atomic E-state index is -0.559. The number of thiophene rings is 1. The zero-order valence-corrected chi connectivity index (χ0v) is 17.5. The Morgan fingerprint density at radius 3 is 2.54 bits per heavy atom. The molecule has 1 heterocycles. The van der Waals surface area contributed by atoms with Gasteiger partial charge in [-0.3, -0.25) is 9.69 Å². The molecule has 2 aromatic carbocycles. The van der Waals surface area contributed by atoms with E-state index in [4.69, 9.17) is 27.9 Å². The Labute approximate surface area is 176 Å². The lowest BCUT2D eigenvalue weighted by Crippen LogP contribution is -2.28. The predicted molar refractivity (Wildman–Crippen MR) is 113 cm³/mol. The highest BCUT2D eigenvalue weighted by Crippen LogP contribution is 2.45. The standard InChI is InChI=1S/C20H17Cl2NO4S/c1-3-27-20(26)16-13-8-9-15(25)17(22)18(13)28-19(16)23(11(2)24)10-12-6-4-5-7-14(12)21/h4-9,25H,3,10H2,1-2H3. The first-order valence-electron chi connectivity index (χ1n) is 8.47. The zero-order chi connectivity index (χ0) is 20.4. The molecule has 0 saturated carbocycles. The van der Waals surface area contributed by atoms with E-state index in [1.54, 1.807) is 25.1 Å². The first-order valence-corrected chi connectivity index (χ1v) is 10.0. The maximum absolute atomic E-state index is 12.7. The normalized spacial score (nSPS) is 10.9. The minimum absolute atomic E-state index is 0.0992. The molecule has 1 aromatic heterocycles. The molecule has 0 radical (unpaired) electrons. The monoisotopic (exact) mass is 437 g/mol. The van der Waals surface area contributed by atoms with E-state index in [1.165, 1.54) is 17.9 Å². The molecular formula is C20H17Cl2NO4S. The third-order valence-corrected chi connectivity index (χ3v) is 6.26. The third-order valence-electron chi connectivity index (χ3n) is 4.15. The molecule has 0 aliphatic heterocycles. The summed E-state index contributed by atoms with van der Waals surface area (Å²) in [6.45, 7) is 3.48. The van der Waals surface area contributed by atoms with Gasteiger partial charge in [-0.2, -0.15) is 0 Å². The number of carbonyl (C=O) groups is 2. The van der Waals surface area contributed by atoms with E-state index in [2.05, 4.69) is 0 Å². The molecule has 0 saturated heterocycles. The summed E-state index contributed by atoms with van der Waals surface area (Å²) in [6, 6.07) is 10.2. The maximum Gasteiger partial charge on any atom is 0.341 e. The molecular weight excluding hydrogens is 421 g/mol. The summed E-state index contributed by atoms with van der Waals surface area (Å²) in [5.41, 5.74) is 0.978. The number of aromatic hydroxyl groups is 1. The molecule has 0 fully saturated rings. The second-order valence-electron chi connectivity index (χ2n) is 5.97. The lowest BCUT2D eigenvalue weighted by atomic mass is 10.1. The van der Waals surface area contributed by atoms with Crippen LogP contribution in [0.4, 0.5) is 5.00 Å². The Morgan fingerprint density at radius 2 is 1.89 bits per heavy atom. The Kier molecular flexibility index (Phi) is 6.13. The van der Waals surface area contributed by atoms with Gasteiger partial charge in [0.25, 0.3) is 0 Å². The first kappa shape index (κ1) is 20.5. The third kappa shape index (κ3) is 3.81.